The number of rotatable bonds is 4. The van der Waals surface area contributed by atoms with Gasteiger partial charge in [0.2, 0.25) is 0 Å². The molecule has 0 heterocycles. The smallest absolute Gasteiger partial charge is 0.0556 e. The Balaban J connectivity index is 2.86. The van der Waals surface area contributed by atoms with Crippen molar-refractivity contribution in [3.05, 3.63) is 13.8 Å². The van der Waals surface area contributed by atoms with Crippen molar-refractivity contribution >= 4 is 0 Å². The van der Waals surface area contributed by atoms with Gasteiger partial charge in [0.1, 0.15) is 0 Å². The van der Waals surface area contributed by atoms with E-state index in [4.69, 9.17) is 0 Å². The molecule has 0 aromatic heterocycles. The quantitative estimate of drug-likeness (QED) is 0.490. The second kappa shape index (κ2) is 5.14. The van der Waals surface area contributed by atoms with Crippen molar-refractivity contribution in [2.75, 3.05) is 0 Å². The van der Waals surface area contributed by atoms with Crippen molar-refractivity contribution in [3.63, 3.8) is 0 Å². The molecule has 0 saturated carbocycles. The Morgan fingerprint density at radius 1 is 1.38 bits per heavy atom. The maximum atomic E-state index is 3.82. The summed E-state index contributed by atoms with van der Waals surface area (Å²) >= 11 is 0. The molecule has 0 aromatic carbocycles. The van der Waals surface area contributed by atoms with Gasteiger partial charge in [0, 0.05) is 0 Å². The number of hydrogen-bond donors (Lipinski definition) is 0. The number of hydrogen-bond acceptors (Lipinski definition) is 0. The maximum Gasteiger partial charge on any atom is -0.0556 e. The summed E-state index contributed by atoms with van der Waals surface area (Å²) in [4.78, 5) is 0. The Morgan fingerprint density at radius 3 is 2.38 bits per heavy atom. The van der Waals surface area contributed by atoms with Crippen LogP contribution in [0.25, 0.3) is 0 Å². The zero-order valence-corrected chi connectivity index (χ0v) is 5.82. The molecule has 1 unspecified atom stereocenters. The minimum Gasteiger partial charge on any atom is -0.343 e. The Bertz CT molecular complexity index is 39.3. The van der Waals surface area contributed by atoms with Crippen molar-refractivity contribution in [3.8, 4) is 0 Å². The zero-order chi connectivity index (χ0) is 6.41. The van der Waals surface area contributed by atoms with E-state index in [2.05, 4.69) is 20.8 Å². The summed E-state index contributed by atoms with van der Waals surface area (Å²) < 4.78 is 0. The van der Waals surface area contributed by atoms with Crippen LogP contribution in [-0.2, 0) is 0 Å². The van der Waals surface area contributed by atoms with Crippen molar-refractivity contribution < 1.29 is 0 Å². The summed E-state index contributed by atoms with van der Waals surface area (Å²) in [6, 6.07) is 0. The summed E-state index contributed by atoms with van der Waals surface area (Å²) in [6.45, 7) is 9.83. The van der Waals surface area contributed by atoms with Crippen molar-refractivity contribution in [1.82, 2.24) is 0 Å². The molecule has 0 spiro atoms. The topological polar surface area (TPSA) is 0 Å². The van der Waals surface area contributed by atoms with Gasteiger partial charge in [0.25, 0.3) is 0 Å². The fourth-order valence-electron chi connectivity index (χ4n) is 0.637. The normalized spacial score (nSPS) is 13.9. The molecule has 0 aromatic rings. The van der Waals surface area contributed by atoms with E-state index in [-0.39, 0.29) is 0 Å². The maximum absolute atomic E-state index is 3.82. The first-order chi connectivity index (χ1) is 3.81. The fourth-order valence-corrected chi connectivity index (χ4v) is 0.637. The zero-order valence-electron chi connectivity index (χ0n) is 5.82. The fraction of sp³-hybridized carbons (Fsp3) is 0.750. The van der Waals surface area contributed by atoms with Gasteiger partial charge in [0.05, 0.1) is 0 Å². The van der Waals surface area contributed by atoms with Crippen LogP contribution in [0, 0.1) is 19.8 Å². The second-order valence-electron chi connectivity index (χ2n) is 2.39. The van der Waals surface area contributed by atoms with Gasteiger partial charge in [0.15, 0.2) is 0 Å². The highest BCUT2D eigenvalue weighted by Crippen LogP contribution is 2.09. The minimum absolute atomic E-state index is 0.803. The van der Waals surface area contributed by atoms with Gasteiger partial charge in [-0.25, -0.2) is 0 Å². The van der Waals surface area contributed by atoms with Crippen LogP contribution in [0.5, 0.6) is 0 Å². The average molecular weight is 112 g/mol. The van der Waals surface area contributed by atoms with Crippen molar-refractivity contribution in [1.29, 1.82) is 0 Å². The predicted octanol–water partition coefficient (Wildman–Crippen LogP) is 2.85. The van der Waals surface area contributed by atoms with Crippen LogP contribution in [0.2, 0.25) is 0 Å². The van der Waals surface area contributed by atoms with E-state index in [1.165, 1.54) is 12.8 Å². The van der Waals surface area contributed by atoms with Gasteiger partial charge in [-0.3, -0.25) is 0 Å². The molecule has 0 aliphatic rings. The van der Waals surface area contributed by atoms with Crippen LogP contribution in [0.15, 0.2) is 0 Å². The largest absolute Gasteiger partial charge is 0.343 e. The third-order valence-electron chi connectivity index (χ3n) is 1.44. The summed E-state index contributed by atoms with van der Waals surface area (Å²) in [5, 5.41) is 0. The van der Waals surface area contributed by atoms with Gasteiger partial charge in [-0.1, -0.05) is 25.7 Å². The summed E-state index contributed by atoms with van der Waals surface area (Å²) in [5.41, 5.74) is 0. The molecule has 0 aliphatic carbocycles. The first-order valence-corrected chi connectivity index (χ1v) is 3.39. The Hall–Kier alpha value is 0. The molecule has 0 N–H and O–H groups in total. The van der Waals surface area contributed by atoms with Crippen LogP contribution in [0.1, 0.15) is 32.6 Å². The molecule has 0 fully saturated rings. The summed E-state index contributed by atoms with van der Waals surface area (Å²) in [7, 11) is 0. The lowest BCUT2D eigenvalue weighted by molar-refractivity contribution is 0.517. The number of unbranched alkanes of at least 4 members (excludes halogenated alkanes) is 1. The molecule has 1 atom stereocenters. The van der Waals surface area contributed by atoms with E-state index in [1.807, 2.05) is 0 Å². The first kappa shape index (κ1) is 8.00. The molecule has 0 saturated heterocycles. The van der Waals surface area contributed by atoms with Gasteiger partial charge >= 0.3 is 0 Å². The van der Waals surface area contributed by atoms with E-state index < -0.39 is 0 Å². The predicted molar refractivity (Wildman–Crippen MR) is 38.3 cm³/mol. The third-order valence-corrected chi connectivity index (χ3v) is 1.44. The van der Waals surface area contributed by atoms with Gasteiger partial charge in [-0.2, -0.15) is 12.8 Å². The van der Waals surface area contributed by atoms with Crippen molar-refractivity contribution in [2.24, 2.45) is 5.92 Å². The van der Waals surface area contributed by atoms with E-state index >= 15 is 0 Å². The lowest BCUT2D eigenvalue weighted by Crippen LogP contribution is -1.90. The van der Waals surface area contributed by atoms with Crippen LogP contribution >= 0.6 is 0 Å². The molecule has 0 nitrogen and oxygen atoms in total. The standard InChI is InChI=1S/C8H16/c1-4-6-7-8(3)5-2/h8H,1-2,4-7H2,3H3/q-2. The lowest BCUT2D eigenvalue weighted by atomic mass is 10.0. The van der Waals surface area contributed by atoms with Crippen LogP contribution in [0.3, 0.4) is 0 Å². The van der Waals surface area contributed by atoms with E-state index in [0.29, 0.717) is 0 Å². The molecule has 0 amide bonds. The molecule has 0 bridgehead atoms. The monoisotopic (exact) mass is 112 g/mol. The molecule has 0 heteroatoms. The third kappa shape index (κ3) is 4.17. The Morgan fingerprint density at radius 2 is 2.00 bits per heavy atom. The SMILES string of the molecule is [CH2-]CCCC(C)C[CH2-]. The van der Waals surface area contributed by atoms with Crippen LogP contribution < -0.4 is 0 Å². The Labute approximate surface area is 53.3 Å². The van der Waals surface area contributed by atoms with Crippen LogP contribution in [0.4, 0.5) is 0 Å². The molecular formula is C8H16-2. The van der Waals surface area contributed by atoms with Crippen molar-refractivity contribution in [2.45, 2.75) is 32.6 Å². The highest BCUT2D eigenvalue weighted by Gasteiger charge is 1.89. The molecule has 0 radical (unpaired) electrons. The first-order valence-electron chi connectivity index (χ1n) is 3.39. The summed E-state index contributed by atoms with van der Waals surface area (Å²) in [6.07, 6.45) is 4.70. The Kier molecular flexibility index (Phi) is 5.14. The minimum atomic E-state index is 0.803. The molecule has 50 valence electrons. The highest BCUT2D eigenvalue weighted by atomic mass is 14.0. The lowest BCUT2D eigenvalue weighted by Gasteiger charge is -2.10. The molecular weight excluding hydrogens is 96.1 g/mol. The van der Waals surface area contributed by atoms with Gasteiger partial charge in [-0.05, 0) is 0 Å². The van der Waals surface area contributed by atoms with E-state index in [9.17, 15) is 0 Å². The summed E-state index contributed by atoms with van der Waals surface area (Å²) in [5.74, 6) is 0.803. The molecule has 8 heavy (non-hydrogen) atoms. The average Bonchev–Trinajstić information content (AvgIpc) is 1.83. The van der Waals surface area contributed by atoms with E-state index in [1.54, 1.807) is 0 Å². The molecule has 0 rings (SSSR count). The highest BCUT2D eigenvalue weighted by molar-refractivity contribution is 4.54. The van der Waals surface area contributed by atoms with Gasteiger partial charge in [-0.15, -0.1) is 0 Å². The van der Waals surface area contributed by atoms with Gasteiger partial charge < -0.3 is 13.8 Å². The second-order valence-corrected chi connectivity index (χ2v) is 2.39. The van der Waals surface area contributed by atoms with E-state index in [0.717, 1.165) is 18.8 Å². The molecule has 0 aliphatic heterocycles. The van der Waals surface area contributed by atoms with Crippen LogP contribution in [-0.4, -0.2) is 0 Å².